The molecular formula is C7H12N2OS. The van der Waals surface area contributed by atoms with Gasteiger partial charge < -0.3 is 4.42 Å². The molecule has 0 aliphatic carbocycles. The van der Waals surface area contributed by atoms with Crippen LogP contribution < -0.4 is 0 Å². The van der Waals surface area contributed by atoms with E-state index >= 15 is 0 Å². The number of aromatic nitrogens is 2. The van der Waals surface area contributed by atoms with Crippen LogP contribution in [0.3, 0.4) is 0 Å². The fraction of sp³-hybridized carbons (Fsp3) is 0.714. The average molecular weight is 172 g/mol. The molecule has 1 aromatic heterocycles. The van der Waals surface area contributed by atoms with Gasteiger partial charge in [-0.05, 0) is 0 Å². The molecule has 62 valence electrons. The lowest BCUT2D eigenvalue weighted by Crippen LogP contribution is -2.11. The van der Waals surface area contributed by atoms with E-state index in [4.69, 9.17) is 4.42 Å². The van der Waals surface area contributed by atoms with Crippen molar-refractivity contribution < 1.29 is 4.42 Å². The largest absolute Gasteiger partial charge is 0.424 e. The molecule has 1 aromatic rings. The summed E-state index contributed by atoms with van der Waals surface area (Å²) in [5, 5.41) is 7.70. The lowest BCUT2D eigenvalue weighted by molar-refractivity contribution is 0.378. The first-order valence-electron chi connectivity index (χ1n) is 3.48. The number of nitrogens with zero attached hydrogens (tertiary/aromatic N) is 2. The Morgan fingerprint density at radius 3 is 2.27 bits per heavy atom. The molecule has 0 aliphatic rings. The van der Waals surface area contributed by atoms with Gasteiger partial charge in [0.15, 0.2) is 0 Å². The molecule has 1 rings (SSSR count). The van der Waals surface area contributed by atoms with Crippen LogP contribution in [-0.4, -0.2) is 10.2 Å². The van der Waals surface area contributed by atoms with E-state index in [0.29, 0.717) is 17.5 Å². The summed E-state index contributed by atoms with van der Waals surface area (Å²) in [6, 6.07) is 0. The van der Waals surface area contributed by atoms with Crippen LogP contribution in [0.25, 0.3) is 0 Å². The van der Waals surface area contributed by atoms with E-state index in [0.717, 1.165) is 0 Å². The van der Waals surface area contributed by atoms with Gasteiger partial charge in [-0.2, -0.15) is 12.6 Å². The molecule has 0 saturated heterocycles. The summed E-state index contributed by atoms with van der Waals surface area (Å²) in [5.74, 6) is 1.75. The Morgan fingerprint density at radius 1 is 1.36 bits per heavy atom. The van der Waals surface area contributed by atoms with Crippen LogP contribution >= 0.6 is 12.6 Å². The highest BCUT2D eigenvalue weighted by atomic mass is 32.1. The van der Waals surface area contributed by atoms with Crippen LogP contribution in [0.4, 0.5) is 0 Å². The molecule has 0 atom stereocenters. The van der Waals surface area contributed by atoms with Crippen molar-refractivity contribution in [1.82, 2.24) is 10.2 Å². The van der Waals surface area contributed by atoms with Crippen LogP contribution in [0, 0.1) is 0 Å². The summed E-state index contributed by atoms with van der Waals surface area (Å²) in [7, 11) is 0. The minimum absolute atomic E-state index is 0.0613. The minimum atomic E-state index is -0.0613. The van der Waals surface area contributed by atoms with E-state index in [1.165, 1.54) is 0 Å². The van der Waals surface area contributed by atoms with E-state index in [1.807, 2.05) is 20.8 Å². The fourth-order valence-electron chi connectivity index (χ4n) is 0.621. The number of hydrogen-bond donors (Lipinski definition) is 1. The van der Waals surface area contributed by atoms with Gasteiger partial charge in [-0.25, -0.2) is 0 Å². The van der Waals surface area contributed by atoms with Gasteiger partial charge in [-0.1, -0.05) is 20.8 Å². The van der Waals surface area contributed by atoms with Crippen molar-refractivity contribution in [2.75, 3.05) is 0 Å². The highest BCUT2D eigenvalue weighted by molar-refractivity contribution is 7.79. The first-order chi connectivity index (χ1) is 5.04. The molecule has 1 heterocycles. The predicted octanol–water partition coefficient (Wildman–Crippen LogP) is 1.80. The zero-order valence-corrected chi connectivity index (χ0v) is 7.85. The van der Waals surface area contributed by atoms with Crippen molar-refractivity contribution in [1.29, 1.82) is 0 Å². The number of hydrogen-bond acceptors (Lipinski definition) is 4. The van der Waals surface area contributed by atoms with Gasteiger partial charge in [0.1, 0.15) is 0 Å². The maximum absolute atomic E-state index is 5.30. The number of thiol groups is 1. The van der Waals surface area contributed by atoms with E-state index in [-0.39, 0.29) is 5.41 Å². The Balaban J connectivity index is 2.89. The molecule has 0 N–H and O–H groups in total. The smallest absolute Gasteiger partial charge is 0.226 e. The van der Waals surface area contributed by atoms with Crippen molar-refractivity contribution in [2.24, 2.45) is 0 Å². The van der Waals surface area contributed by atoms with Crippen molar-refractivity contribution in [3.8, 4) is 0 Å². The predicted molar refractivity (Wildman–Crippen MR) is 45.7 cm³/mol. The molecule has 0 amide bonds. The van der Waals surface area contributed by atoms with Crippen LogP contribution in [0.5, 0.6) is 0 Å². The van der Waals surface area contributed by atoms with Gasteiger partial charge >= 0.3 is 0 Å². The average Bonchev–Trinajstić information content (AvgIpc) is 2.32. The fourth-order valence-corrected chi connectivity index (χ4v) is 0.748. The molecule has 0 saturated carbocycles. The summed E-state index contributed by atoms with van der Waals surface area (Å²) < 4.78 is 5.30. The Kier molecular flexibility index (Phi) is 2.23. The lowest BCUT2D eigenvalue weighted by Gasteiger charge is -2.10. The van der Waals surface area contributed by atoms with Crippen LogP contribution in [-0.2, 0) is 11.2 Å². The van der Waals surface area contributed by atoms with Crippen LogP contribution in [0.15, 0.2) is 4.42 Å². The van der Waals surface area contributed by atoms with E-state index in [1.54, 1.807) is 0 Å². The molecule has 0 fully saturated rings. The third-order valence-electron chi connectivity index (χ3n) is 1.24. The normalized spacial score (nSPS) is 12.0. The summed E-state index contributed by atoms with van der Waals surface area (Å²) in [6.45, 7) is 6.09. The molecule has 4 heteroatoms. The highest BCUT2D eigenvalue weighted by Gasteiger charge is 2.20. The van der Waals surface area contributed by atoms with E-state index in [2.05, 4.69) is 22.8 Å². The molecule has 0 bridgehead atoms. The Hall–Kier alpha value is -0.510. The zero-order valence-electron chi connectivity index (χ0n) is 6.96. The molecule has 0 aliphatic heterocycles. The highest BCUT2D eigenvalue weighted by Crippen LogP contribution is 2.20. The second kappa shape index (κ2) is 2.85. The molecule has 11 heavy (non-hydrogen) atoms. The molecule has 0 spiro atoms. The third kappa shape index (κ3) is 1.96. The standard InChI is InChI=1S/C7H12N2OS/c1-7(2,3)6-9-8-5(4-11)10-6/h11H,4H2,1-3H3. The maximum Gasteiger partial charge on any atom is 0.226 e. The summed E-state index contributed by atoms with van der Waals surface area (Å²) >= 11 is 4.02. The van der Waals surface area contributed by atoms with Crippen molar-refractivity contribution in [2.45, 2.75) is 31.9 Å². The van der Waals surface area contributed by atoms with Crippen molar-refractivity contribution >= 4 is 12.6 Å². The number of rotatable bonds is 1. The van der Waals surface area contributed by atoms with Gasteiger partial charge in [0.25, 0.3) is 0 Å². The molecule has 0 aromatic carbocycles. The van der Waals surface area contributed by atoms with Crippen LogP contribution in [0.2, 0.25) is 0 Å². The second-order valence-electron chi connectivity index (χ2n) is 3.41. The molecule has 0 radical (unpaired) electrons. The Bertz CT molecular complexity index is 239. The monoisotopic (exact) mass is 172 g/mol. The summed E-state index contributed by atoms with van der Waals surface area (Å²) in [6.07, 6.45) is 0. The topological polar surface area (TPSA) is 38.9 Å². The van der Waals surface area contributed by atoms with Gasteiger partial charge in [0.2, 0.25) is 11.8 Å². The Morgan fingerprint density at radius 2 is 2.00 bits per heavy atom. The van der Waals surface area contributed by atoms with Gasteiger partial charge in [-0.3, -0.25) is 0 Å². The quantitative estimate of drug-likeness (QED) is 0.656. The van der Waals surface area contributed by atoms with Crippen molar-refractivity contribution in [3.63, 3.8) is 0 Å². The Labute approximate surface area is 71.6 Å². The van der Waals surface area contributed by atoms with Gasteiger partial charge in [-0.15, -0.1) is 10.2 Å². The van der Waals surface area contributed by atoms with Gasteiger partial charge in [0, 0.05) is 5.41 Å². The molecular weight excluding hydrogens is 160 g/mol. The van der Waals surface area contributed by atoms with Gasteiger partial charge in [0.05, 0.1) is 5.75 Å². The molecule has 3 nitrogen and oxygen atoms in total. The second-order valence-corrected chi connectivity index (χ2v) is 3.73. The first-order valence-corrected chi connectivity index (χ1v) is 4.11. The van der Waals surface area contributed by atoms with E-state index < -0.39 is 0 Å². The SMILES string of the molecule is CC(C)(C)c1nnc(CS)o1. The minimum Gasteiger partial charge on any atom is -0.424 e. The first kappa shape index (κ1) is 8.59. The third-order valence-corrected chi connectivity index (χ3v) is 1.51. The zero-order chi connectivity index (χ0) is 8.48. The molecule has 0 unspecified atom stereocenters. The van der Waals surface area contributed by atoms with E-state index in [9.17, 15) is 0 Å². The lowest BCUT2D eigenvalue weighted by atomic mass is 9.97. The van der Waals surface area contributed by atoms with Crippen molar-refractivity contribution in [3.05, 3.63) is 11.8 Å². The van der Waals surface area contributed by atoms with Crippen LogP contribution in [0.1, 0.15) is 32.6 Å². The maximum atomic E-state index is 5.30. The summed E-state index contributed by atoms with van der Waals surface area (Å²) in [4.78, 5) is 0. The summed E-state index contributed by atoms with van der Waals surface area (Å²) in [5.41, 5.74) is -0.0613.